The summed E-state index contributed by atoms with van der Waals surface area (Å²) in [7, 11) is 4.03. The third-order valence-corrected chi connectivity index (χ3v) is 3.65. The molecule has 0 radical (unpaired) electrons. The first-order valence-corrected chi connectivity index (χ1v) is 6.99. The van der Waals surface area contributed by atoms with Crippen LogP contribution in [0.25, 0.3) is 0 Å². The van der Waals surface area contributed by atoms with Gasteiger partial charge in [-0.05, 0) is 48.6 Å². The molecule has 5 heteroatoms. The third kappa shape index (κ3) is 3.62. The second-order valence-corrected chi connectivity index (χ2v) is 5.26. The van der Waals surface area contributed by atoms with E-state index in [9.17, 15) is 4.79 Å². The quantitative estimate of drug-likeness (QED) is 0.909. The molecule has 2 aromatic heterocycles. The number of carbonyl (C=O) groups excluding carboxylic acids is 1. The molecule has 0 bridgehead atoms. The molecule has 2 rings (SSSR count). The molecule has 0 fully saturated rings. The maximum absolute atomic E-state index is 12.0. The van der Waals surface area contributed by atoms with Crippen LogP contribution in [0.2, 0.25) is 0 Å². The second kappa shape index (κ2) is 6.45. The lowest BCUT2D eigenvalue weighted by atomic mass is 10.1. The number of carbonyl (C=O) groups is 1. The predicted octanol–water partition coefficient (Wildman–Crippen LogP) is 2.18. The van der Waals surface area contributed by atoms with Gasteiger partial charge in [0, 0.05) is 24.5 Å². The van der Waals surface area contributed by atoms with Crippen LogP contribution in [0.5, 0.6) is 0 Å². The Hall–Kier alpha value is -1.72. The number of pyridine rings is 1. The second-order valence-electron chi connectivity index (χ2n) is 4.48. The average Bonchev–Trinajstić information content (AvgIpc) is 2.93. The average molecular weight is 275 g/mol. The highest BCUT2D eigenvalue weighted by molar-refractivity contribution is 7.07. The summed E-state index contributed by atoms with van der Waals surface area (Å²) in [5, 5.41) is 7.13. The summed E-state index contributed by atoms with van der Waals surface area (Å²) < 4.78 is 0. The number of aromatic nitrogens is 1. The van der Waals surface area contributed by atoms with Crippen LogP contribution in [0.3, 0.4) is 0 Å². The molecule has 2 heterocycles. The van der Waals surface area contributed by atoms with E-state index in [1.807, 2.05) is 14.1 Å². The minimum absolute atomic E-state index is 0.0653. The summed E-state index contributed by atoms with van der Waals surface area (Å²) in [6, 6.07) is 5.71. The van der Waals surface area contributed by atoms with Crippen molar-refractivity contribution >= 4 is 17.2 Å². The van der Waals surface area contributed by atoms with Crippen LogP contribution in [-0.2, 0) is 0 Å². The van der Waals surface area contributed by atoms with Crippen LogP contribution in [0.15, 0.2) is 41.4 Å². The van der Waals surface area contributed by atoms with Gasteiger partial charge in [0.05, 0.1) is 6.04 Å². The zero-order valence-corrected chi connectivity index (χ0v) is 11.9. The smallest absolute Gasteiger partial charge is 0.251 e. The number of likely N-dealkylation sites (N-methyl/N-ethyl adjacent to an activating group) is 1. The number of amides is 1. The molecular formula is C14H17N3OS. The van der Waals surface area contributed by atoms with Gasteiger partial charge in [-0.2, -0.15) is 11.3 Å². The van der Waals surface area contributed by atoms with E-state index >= 15 is 0 Å². The van der Waals surface area contributed by atoms with E-state index in [4.69, 9.17) is 0 Å². The molecule has 0 aromatic carbocycles. The van der Waals surface area contributed by atoms with E-state index in [1.54, 1.807) is 35.9 Å². The summed E-state index contributed by atoms with van der Waals surface area (Å²) in [4.78, 5) is 18.0. The molecule has 0 aliphatic carbocycles. The number of thiophene rings is 1. The van der Waals surface area contributed by atoms with Crippen molar-refractivity contribution in [3.63, 3.8) is 0 Å². The van der Waals surface area contributed by atoms with E-state index in [0.29, 0.717) is 12.1 Å². The molecule has 100 valence electrons. The van der Waals surface area contributed by atoms with Crippen molar-refractivity contribution in [1.29, 1.82) is 0 Å². The zero-order valence-electron chi connectivity index (χ0n) is 11.0. The molecule has 1 atom stereocenters. The Kier molecular flexibility index (Phi) is 4.65. The third-order valence-electron chi connectivity index (χ3n) is 2.95. The highest BCUT2D eigenvalue weighted by Crippen LogP contribution is 2.20. The topological polar surface area (TPSA) is 45.2 Å². The van der Waals surface area contributed by atoms with E-state index in [2.05, 4.69) is 32.0 Å². The Morgan fingerprint density at radius 1 is 1.37 bits per heavy atom. The van der Waals surface area contributed by atoms with E-state index in [1.165, 1.54) is 5.56 Å². The fourth-order valence-electron chi connectivity index (χ4n) is 1.86. The van der Waals surface area contributed by atoms with E-state index in [-0.39, 0.29) is 11.9 Å². The first-order chi connectivity index (χ1) is 9.18. The van der Waals surface area contributed by atoms with Gasteiger partial charge in [-0.15, -0.1) is 0 Å². The van der Waals surface area contributed by atoms with Gasteiger partial charge < -0.3 is 10.2 Å². The number of hydrogen-bond donors (Lipinski definition) is 1. The molecule has 0 spiro atoms. The fraction of sp³-hybridized carbons (Fsp3) is 0.286. The standard InChI is InChI=1S/C14H17N3OS/c1-17(2)13(12-5-8-19-10-12)9-16-14(18)11-3-6-15-7-4-11/h3-8,10,13H,9H2,1-2H3,(H,16,18)/t13-/m0/s1. The van der Waals surface area contributed by atoms with Crippen LogP contribution >= 0.6 is 11.3 Å². The van der Waals surface area contributed by atoms with E-state index < -0.39 is 0 Å². The van der Waals surface area contributed by atoms with Crippen LogP contribution in [-0.4, -0.2) is 36.4 Å². The lowest BCUT2D eigenvalue weighted by Crippen LogP contribution is -2.34. The van der Waals surface area contributed by atoms with Crippen LogP contribution in [0.1, 0.15) is 22.0 Å². The SMILES string of the molecule is CN(C)[C@@H](CNC(=O)c1ccncc1)c1ccsc1. The molecule has 4 nitrogen and oxygen atoms in total. The molecule has 0 aliphatic heterocycles. The van der Waals surface area contributed by atoms with Gasteiger partial charge in [0.1, 0.15) is 0 Å². The summed E-state index contributed by atoms with van der Waals surface area (Å²) in [5.41, 5.74) is 1.86. The van der Waals surface area contributed by atoms with Crippen molar-refractivity contribution in [2.24, 2.45) is 0 Å². The maximum atomic E-state index is 12.0. The fourth-order valence-corrected chi connectivity index (χ4v) is 2.56. The van der Waals surface area contributed by atoms with E-state index in [0.717, 1.165) is 0 Å². The van der Waals surface area contributed by atoms with Crippen molar-refractivity contribution < 1.29 is 4.79 Å². The number of nitrogens with one attached hydrogen (secondary N) is 1. The molecule has 0 unspecified atom stereocenters. The van der Waals surface area contributed by atoms with Gasteiger partial charge in [-0.3, -0.25) is 9.78 Å². The van der Waals surface area contributed by atoms with Crippen molar-refractivity contribution in [3.05, 3.63) is 52.5 Å². The van der Waals surface area contributed by atoms with Crippen molar-refractivity contribution in [2.45, 2.75) is 6.04 Å². The highest BCUT2D eigenvalue weighted by atomic mass is 32.1. The molecule has 0 saturated carbocycles. The first-order valence-electron chi connectivity index (χ1n) is 6.05. The van der Waals surface area contributed by atoms with Crippen molar-refractivity contribution in [1.82, 2.24) is 15.2 Å². The van der Waals surface area contributed by atoms with Crippen LogP contribution in [0, 0.1) is 0 Å². The molecule has 0 aliphatic rings. The van der Waals surface area contributed by atoms with Gasteiger partial charge in [-0.1, -0.05) is 0 Å². The van der Waals surface area contributed by atoms with Gasteiger partial charge >= 0.3 is 0 Å². The van der Waals surface area contributed by atoms with Crippen molar-refractivity contribution in [2.75, 3.05) is 20.6 Å². The van der Waals surface area contributed by atoms with Gasteiger partial charge in [-0.25, -0.2) is 0 Å². The summed E-state index contributed by atoms with van der Waals surface area (Å²) in [6.07, 6.45) is 3.24. The lowest BCUT2D eigenvalue weighted by molar-refractivity contribution is 0.0942. The number of nitrogens with zero attached hydrogens (tertiary/aromatic N) is 2. The predicted molar refractivity (Wildman–Crippen MR) is 77.3 cm³/mol. The summed E-state index contributed by atoms with van der Waals surface area (Å²) in [6.45, 7) is 0.588. The Morgan fingerprint density at radius 3 is 2.68 bits per heavy atom. The monoisotopic (exact) mass is 275 g/mol. The summed E-state index contributed by atoms with van der Waals surface area (Å²) in [5.74, 6) is -0.0653. The van der Waals surface area contributed by atoms with Crippen LogP contribution < -0.4 is 5.32 Å². The summed E-state index contributed by atoms with van der Waals surface area (Å²) >= 11 is 1.67. The molecule has 1 N–H and O–H groups in total. The Labute approximate surface area is 117 Å². The molecular weight excluding hydrogens is 258 g/mol. The maximum Gasteiger partial charge on any atom is 0.251 e. The Balaban J connectivity index is 1.98. The minimum atomic E-state index is -0.0653. The number of hydrogen-bond acceptors (Lipinski definition) is 4. The van der Waals surface area contributed by atoms with Crippen molar-refractivity contribution in [3.8, 4) is 0 Å². The first kappa shape index (κ1) is 13.7. The van der Waals surface area contributed by atoms with Crippen LogP contribution in [0.4, 0.5) is 0 Å². The molecule has 2 aromatic rings. The molecule has 0 saturated heterocycles. The normalized spacial score (nSPS) is 12.4. The van der Waals surface area contributed by atoms with Gasteiger partial charge in [0.25, 0.3) is 5.91 Å². The minimum Gasteiger partial charge on any atom is -0.350 e. The Bertz CT molecular complexity index is 511. The largest absolute Gasteiger partial charge is 0.350 e. The Morgan fingerprint density at radius 2 is 2.11 bits per heavy atom. The van der Waals surface area contributed by atoms with Gasteiger partial charge in [0.15, 0.2) is 0 Å². The van der Waals surface area contributed by atoms with Gasteiger partial charge in [0.2, 0.25) is 0 Å². The number of rotatable bonds is 5. The lowest BCUT2D eigenvalue weighted by Gasteiger charge is -2.24. The molecule has 1 amide bonds. The highest BCUT2D eigenvalue weighted by Gasteiger charge is 2.16. The zero-order chi connectivity index (χ0) is 13.7. The molecule has 19 heavy (non-hydrogen) atoms.